The van der Waals surface area contributed by atoms with E-state index in [1.807, 2.05) is 0 Å². The number of fused-ring (bicyclic) bond motifs is 1. The van der Waals surface area contributed by atoms with Crippen LogP contribution < -0.4 is 0 Å². The second kappa shape index (κ2) is 3.07. The highest BCUT2D eigenvalue weighted by Gasteiger charge is 2.43. The molecule has 0 aliphatic carbocycles. The molecule has 2 saturated heterocycles. The van der Waals surface area contributed by atoms with Gasteiger partial charge in [-0.25, -0.2) is 0 Å². The normalized spacial score (nSPS) is 28.1. The Morgan fingerprint density at radius 1 is 1.18 bits per heavy atom. The summed E-state index contributed by atoms with van der Waals surface area (Å²) in [6.45, 7) is 2.83. The monoisotopic (exact) mass is 161 g/mol. The maximum Gasteiger partial charge on any atom is 0.0615 e. The van der Waals surface area contributed by atoms with E-state index in [1.165, 1.54) is 38.8 Å². The van der Waals surface area contributed by atoms with Gasteiger partial charge < -0.3 is 5.11 Å². The molecule has 1 N–H and O–H groups in total. The lowest BCUT2D eigenvalue weighted by atomic mass is 9.96. The van der Waals surface area contributed by atoms with Crippen LogP contribution in [0.3, 0.4) is 0 Å². The summed E-state index contributed by atoms with van der Waals surface area (Å²) in [6.07, 6.45) is 5.04. The summed E-state index contributed by atoms with van der Waals surface area (Å²) >= 11 is 0. The Balaban J connectivity index is 0.000000605. The minimum atomic E-state index is 0. The molecular formula is C8H16FNO. The minimum Gasteiger partial charge on any atom is -0.394 e. The van der Waals surface area contributed by atoms with Crippen molar-refractivity contribution in [2.24, 2.45) is 0 Å². The highest BCUT2D eigenvalue weighted by atomic mass is 19.0. The Labute approximate surface area is 66.6 Å². The average Bonchev–Trinajstić information content (AvgIpc) is 2.42. The first-order chi connectivity index (χ1) is 4.87. The van der Waals surface area contributed by atoms with Crippen molar-refractivity contribution in [1.29, 1.82) is 0 Å². The molecule has 0 atom stereocenters. The van der Waals surface area contributed by atoms with Crippen LogP contribution in [-0.2, 0) is 0 Å². The summed E-state index contributed by atoms with van der Waals surface area (Å²) in [5.74, 6) is 0. The number of nitrogens with zero attached hydrogens (tertiary/aromatic N) is 1. The van der Waals surface area contributed by atoms with E-state index in [-0.39, 0.29) is 10.2 Å². The SMILES string of the molecule is F.OCC12CCCN1CCC2. The van der Waals surface area contributed by atoms with Crippen LogP contribution in [0.15, 0.2) is 0 Å². The van der Waals surface area contributed by atoms with Crippen LogP contribution in [0.1, 0.15) is 25.7 Å². The quantitative estimate of drug-likeness (QED) is 0.613. The largest absolute Gasteiger partial charge is 0.394 e. The van der Waals surface area contributed by atoms with Crippen LogP contribution in [0, 0.1) is 0 Å². The molecule has 0 aromatic rings. The molecule has 11 heavy (non-hydrogen) atoms. The van der Waals surface area contributed by atoms with Crippen molar-refractivity contribution in [3.63, 3.8) is 0 Å². The molecule has 0 aromatic heterocycles. The summed E-state index contributed by atoms with van der Waals surface area (Å²) in [5.41, 5.74) is 0.236. The zero-order chi connectivity index (χ0) is 7.03. The van der Waals surface area contributed by atoms with E-state index in [2.05, 4.69) is 4.90 Å². The summed E-state index contributed by atoms with van der Waals surface area (Å²) in [6, 6.07) is 0. The van der Waals surface area contributed by atoms with E-state index in [0.29, 0.717) is 6.61 Å². The van der Waals surface area contributed by atoms with Crippen molar-refractivity contribution in [3.05, 3.63) is 0 Å². The van der Waals surface area contributed by atoms with Gasteiger partial charge in [-0.2, -0.15) is 0 Å². The molecule has 0 radical (unpaired) electrons. The van der Waals surface area contributed by atoms with Crippen LogP contribution >= 0.6 is 0 Å². The van der Waals surface area contributed by atoms with E-state index < -0.39 is 0 Å². The van der Waals surface area contributed by atoms with Gasteiger partial charge in [-0.1, -0.05) is 0 Å². The summed E-state index contributed by atoms with van der Waals surface area (Å²) in [7, 11) is 0. The van der Waals surface area contributed by atoms with Gasteiger partial charge in [0, 0.05) is 5.54 Å². The fraction of sp³-hybridized carbons (Fsp3) is 1.00. The van der Waals surface area contributed by atoms with Crippen LogP contribution in [0.25, 0.3) is 0 Å². The number of hydrogen-bond acceptors (Lipinski definition) is 2. The van der Waals surface area contributed by atoms with Gasteiger partial charge in [-0.15, -0.1) is 0 Å². The molecule has 66 valence electrons. The maximum absolute atomic E-state index is 9.19. The number of rotatable bonds is 1. The van der Waals surface area contributed by atoms with Gasteiger partial charge in [-0.3, -0.25) is 9.60 Å². The van der Waals surface area contributed by atoms with Gasteiger partial charge in [0.15, 0.2) is 0 Å². The summed E-state index contributed by atoms with van der Waals surface area (Å²) in [4.78, 5) is 2.47. The van der Waals surface area contributed by atoms with E-state index in [9.17, 15) is 5.11 Å². The van der Waals surface area contributed by atoms with E-state index in [4.69, 9.17) is 0 Å². The molecule has 2 fully saturated rings. The first-order valence-corrected chi connectivity index (χ1v) is 4.23. The number of aliphatic hydroxyl groups is 1. The number of halogens is 1. The van der Waals surface area contributed by atoms with E-state index >= 15 is 0 Å². The lowest BCUT2D eigenvalue weighted by Crippen LogP contribution is -2.41. The fourth-order valence-electron chi connectivity index (χ4n) is 2.48. The van der Waals surface area contributed by atoms with Gasteiger partial charge in [-0.05, 0) is 38.8 Å². The minimum absolute atomic E-state index is 0. The summed E-state index contributed by atoms with van der Waals surface area (Å²) < 4.78 is 0. The Morgan fingerprint density at radius 3 is 2.09 bits per heavy atom. The fourth-order valence-corrected chi connectivity index (χ4v) is 2.48. The zero-order valence-corrected chi connectivity index (χ0v) is 6.75. The van der Waals surface area contributed by atoms with Crippen molar-refractivity contribution in [3.8, 4) is 0 Å². The molecular weight excluding hydrogens is 145 g/mol. The molecule has 2 aliphatic heterocycles. The third-order valence-corrected chi connectivity index (χ3v) is 3.11. The van der Waals surface area contributed by atoms with Crippen molar-refractivity contribution < 1.29 is 9.81 Å². The van der Waals surface area contributed by atoms with Crippen LogP contribution in [-0.4, -0.2) is 35.2 Å². The second-order valence-electron chi connectivity index (χ2n) is 3.58. The molecule has 2 nitrogen and oxygen atoms in total. The van der Waals surface area contributed by atoms with Crippen molar-refractivity contribution in [1.82, 2.24) is 4.90 Å². The van der Waals surface area contributed by atoms with Gasteiger partial charge in [0.05, 0.1) is 6.61 Å². The molecule has 0 aromatic carbocycles. The molecule has 2 aliphatic rings. The summed E-state index contributed by atoms with van der Waals surface area (Å²) in [5, 5.41) is 9.19. The molecule has 0 spiro atoms. The Morgan fingerprint density at radius 2 is 1.73 bits per heavy atom. The second-order valence-corrected chi connectivity index (χ2v) is 3.58. The first-order valence-electron chi connectivity index (χ1n) is 4.23. The van der Waals surface area contributed by atoms with Crippen LogP contribution in [0.2, 0.25) is 0 Å². The van der Waals surface area contributed by atoms with Gasteiger partial charge >= 0.3 is 0 Å². The van der Waals surface area contributed by atoms with Crippen molar-refractivity contribution in [2.45, 2.75) is 31.2 Å². The predicted octanol–water partition coefficient (Wildman–Crippen LogP) is 0.760. The van der Waals surface area contributed by atoms with Gasteiger partial charge in [0.1, 0.15) is 0 Å². The van der Waals surface area contributed by atoms with Gasteiger partial charge in [0.2, 0.25) is 0 Å². The smallest absolute Gasteiger partial charge is 0.0615 e. The molecule has 2 rings (SSSR count). The number of hydrogen-bond donors (Lipinski definition) is 1. The standard InChI is InChI=1S/C8H15NO.FH/c10-7-8-3-1-5-9(8)6-2-4-8;/h10H,1-7H2;1H. The predicted molar refractivity (Wildman–Crippen MR) is 42.4 cm³/mol. The Hall–Kier alpha value is -0.150. The maximum atomic E-state index is 9.19. The van der Waals surface area contributed by atoms with Crippen LogP contribution in [0.5, 0.6) is 0 Å². The Bertz CT molecular complexity index is 130. The van der Waals surface area contributed by atoms with E-state index in [0.717, 1.165) is 0 Å². The molecule has 0 saturated carbocycles. The third-order valence-electron chi connectivity index (χ3n) is 3.11. The van der Waals surface area contributed by atoms with Gasteiger partial charge in [0.25, 0.3) is 0 Å². The highest BCUT2D eigenvalue weighted by molar-refractivity contribution is 4.99. The Kier molecular flexibility index (Phi) is 2.50. The molecule has 2 heterocycles. The number of aliphatic hydroxyl groups excluding tert-OH is 1. The van der Waals surface area contributed by atoms with Crippen molar-refractivity contribution in [2.75, 3.05) is 19.7 Å². The lowest BCUT2D eigenvalue weighted by molar-refractivity contribution is 0.0999. The third kappa shape index (κ3) is 1.16. The molecule has 3 heteroatoms. The molecule has 0 unspecified atom stereocenters. The van der Waals surface area contributed by atoms with Crippen molar-refractivity contribution >= 4 is 0 Å². The van der Waals surface area contributed by atoms with Crippen LogP contribution in [0.4, 0.5) is 4.70 Å². The lowest BCUT2D eigenvalue weighted by Gasteiger charge is -2.29. The average molecular weight is 161 g/mol. The zero-order valence-electron chi connectivity index (χ0n) is 6.75. The molecule has 0 amide bonds. The van der Waals surface area contributed by atoms with E-state index in [1.54, 1.807) is 0 Å². The molecule has 0 bridgehead atoms. The topological polar surface area (TPSA) is 23.5 Å². The first kappa shape index (κ1) is 8.94. The highest BCUT2D eigenvalue weighted by Crippen LogP contribution is 2.37.